The van der Waals surface area contributed by atoms with E-state index in [2.05, 4.69) is 28.4 Å². The smallest absolute Gasteiger partial charge is 0.261 e. The summed E-state index contributed by atoms with van der Waals surface area (Å²) >= 11 is 6.09. The van der Waals surface area contributed by atoms with Gasteiger partial charge in [0, 0.05) is 13.1 Å². The van der Waals surface area contributed by atoms with E-state index in [-0.39, 0.29) is 5.91 Å². The number of nitrogens with zero attached hydrogens (tertiary/aromatic N) is 1. The number of benzene rings is 2. The predicted octanol–water partition coefficient (Wildman–Crippen LogP) is 4.02. The molecule has 0 radical (unpaired) electrons. The molecule has 0 spiro atoms. The number of rotatable bonds is 7. The average Bonchev–Trinajstić information content (AvgIpc) is 3.15. The summed E-state index contributed by atoms with van der Waals surface area (Å²) in [5.41, 5.74) is 2.42. The summed E-state index contributed by atoms with van der Waals surface area (Å²) < 4.78 is 5.68. The molecular formula is C21H25ClN2O2. The van der Waals surface area contributed by atoms with Gasteiger partial charge in [0.05, 0.1) is 5.02 Å². The van der Waals surface area contributed by atoms with Crippen molar-refractivity contribution in [3.05, 3.63) is 64.7 Å². The minimum absolute atomic E-state index is 0.152. The quantitative estimate of drug-likeness (QED) is 0.798. The topological polar surface area (TPSA) is 41.6 Å². The van der Waals surface area contributed by atoms with Crippen LogP contribution in [0.2, 0.25) is 5.02 Å². The predicted molar refractivity (Wildman–Crippen MR) is 104 cm³/mol. The van der Waals surface area contributed by atoms with Crippen molar-refractivity contribution >= 4 is 17.5 Å². The van der Waals surface area contributed by atoms with Crippen LogP contribution < -0.4 is 10.1 Å². The molecular weight excluding hydrogens is 348 g/mol. The lowest BCUT2D eigenvalue weighted by molar-refractivity contribution is -0.127. The molecule has 5 heteroatoms. The summed E-state index contributed by atoms with van der Waals surface area (Å²) in [4.78, 5) is 14.9. The van der Waals surface area contributed by atoms with Crippen LogP contribution in [0.3, 0.4) is 0 Å². The number of halogens is 1. The van der Waals surface area contributed by atoms with Crippen LogP contribution in [0.1, 0.15) is 30.9 Å². The number of carbonyl (C=O) groups is 1. The number of ether oxygens (including phenoxy) is 1. The van der Waals surface area contributed by atoms with Crippen molar-refractivity contribution in [2.45, 2.75) is 39.0 Å². The zero-order valence-corrected chi connectivity index (χ0v) is 15.8. The van der Waals surface area contributed by atoms with Crippen molar-refractivity contribution in [3.63, 3.8) is 0 Å². The lowest BCUT2D eigenvalue weighted by Gasteiger charge is -2.19. The number of nitrogens with one attached hydrogen (secondary N) is 1. The molecule has 0 aliphatic carbocycles. The molecule has 0 bridgehead atoms. The normalized spacial score (nSPS) is 15.6. The molecule has 26 heavy (non-hydrogen) atoms. The van der Waals surface area contributed by atoms with E-state index in [1.165, 1.54) is 18.4 Å². The minimum atomic E-state index is -0.611. The molecule has 1 amide bonds. The van der Waals surface area contributed by atoms with Gasteiger partial charge in [-0.05, 0) is 56.1 Å². The molecule has 0 saturated carbocycles. The second-order valence-corrected chi connectivity index (χ2v) is 7.07. The molecule has 0 aromatic heterocycles. The Morgan fingerprint density at radius 2 is 1.77 bits per heavy atom. The van der Waals surface area contributed by atoms with Gasteiger partial charge in [-0.3, -0.25) is 9.69 Å². The van der Waals surface area contributed by atoms with Gasteiger partial charge in [-0.25, -0.2) is 0 Å². The molecule has 3 rings (SSSR count). The fourth-order valence-corrected chi connectivity index (χ4v) is 3.36. The van der Waals surface area contributed by atoms with Crippen LogP contribution in [-0.4, -0.2) is 30.0 Å². The number of likely N-dealkylation sites (tertiary alicyclic amines) is 1. The van der Waals surface area contributed by atoms with Crippen LogP contribution in [0.15, 0.2) is 48.5 Å². The lowest BCUT2D eigenvalue weighted by Crippen LogP contribution is -2.36. The van der Waals surface area contributed by atoms with Crippen LogP contribution in [0.4, 0.5) is 0 Å². The van der Waals surface area contributed by atoms with Crippen molar-refractivity contribution < 1.29 is 9.53 Å². The van der Waals surface area contributed by atoms with Crippen molar-refractivity contribution in [1.82, 2.24) is 10.2 Å². The molecule has 2 aromatic carbocycles. The first kappa shape index (κ1) is 18.7. The van der Waals surface area contributed by atoms with Gasteiger partial charge in [-0.1, -0.05) is 48.0 Å². The van der Waals surface area contributed by atoms with E-state index in [0.717, 1.165) is 25.2 Å². The number of hydrogen-bond acceptors (Lipinski definition) is 3. The second kappa shape index (κ2) is 9.06. The van der Waals surface area contributed by atoms with E-state index in [0.29, 0.717) is 17.3 Å². The minimum Gasteiger partial charge on any atom is -0.479 e. The van der Waals surface area contributed by atoms with Gasteiger partial charge in [-0.2, -0.15) is 0 Å². The zero-order valence-electron chi connectivity index (χ0n) is 15.1. The van der Waals surface area contributed by atoms with Crippen LogP contribution in [0, 0.1) is 0 Å². The van der Waals surface area contributed by atoms with Crippen LogP contribution in [-0.2, 0) is 17.9 Å². The maximum absolute atomic E-state index is 12.4. The van der Waals surface area contributed by atoms with Gasteiger partial charge in [0.1, 0.15) is 5.75 Å². The molecule has 4 nitrogen and oxygen atoms in total. The fourth-order valence-electron chi connectivity index (χ4n) is 3.18. The third-order valence-electron chi connectivity index (χ3n) is 4.67. The van der Waals surface area contributed by atoms with Crippen molar-refractivity contribution in [2.24, 2.45) is 0 Å². The highest BCUT2D eigenvalue weighted by molar-refractivity contribution is 6.32. The standard InChI is InChI=1S/C21H25ClN2O2/c1-16(26-20-11-5-4-10-19(20)22)21(25)23-14-17-8-2-3-9-18(17)15-24-12-6-7-13-24/h2-5,8-11,16H,6-7,12-15H2,1H3,(H,23,25)/t16-/m1/s1. The van der Waals surface area contributed by atoms with Gasteiger partial charge in [0.25, 0.3) is 5.91 Å². The SMILES string of the molecule is C[C@@H](Oc1ccccc1Cl)C(=O)NCc1ccccc1CN1CCCC1. The molecule has 1 fully saturated rings. The Kier molecular flexibility index (Phi) is 6.53. The molecule has 2 aromatic rings. The Morgan fingerprint density at radius 3 is 2.50 bits per heavy atom. The second-order valence-electron chi connectivity index (χ2n) is 6.66. The lowest BCUT2D eigenvalue weighted by atomic mass is 10.1. The first-order valence-corrected chi connectivity index (χ1v) is 9.49. The molecule has 1 aliphatic heterocycles. The Balaban J connectivity index is 1.56. The Bertz CT molecular complexity index is 744. The van der Waals surface area contributed by atoms with E-state index in [1.54, 1.807) is 19.1 Å². The molecule has 1 N–H and O–H groups in total. The fraction of sp³-hybridized carbons (Fsp3) is 0.381. The molecule has 0 unspecified atom stereocenters. The zero-order chi connectivity index (χ0) is 18.4. The number of carbonyl (C=O) groups excluding carboxylic acids is 1. The van der Waals surface area contributed by atoms with E-state index in [1.807, 2.05) is 18.2 Å². The highest BCUT2D eigenvalue weighted by Crippen LogP contribution is 2.24. The Labute approximate surface area is 160 Å². The van der Waals surface area contributed by atoms with E-state index >= 15 is 0 Å². The Hall–Kier alpha value is -2.04. The van der Waals surface area contributed by atoms with E-state index in [9.17, 15) is 4.79 Å². The highest BCUT2D eigenvalue weighted by Gasteiger charge is 2.17. The summed E-state index contributed by atoms with van der Waals surface area (Å²) in [6.07, 6.45) is 1.94. The average molecular weight is 373 g/mol. The molecule has 1 heterocycles. The van der Waals surface area contributed by atoms with Gasteiger partial charge in [-0.15, -0.1) is 0 Å². The van der Waals surface area contributed by atoms with Crippen molar-refractivity contribution in [2.75, 3.05) is 13.1 Å². The summed E-state index contributed by atoms with van der Waals surface area (Å²) in [5, 5.41) is 3.48. The van der Waals surface area contributed by atoms with Gasteiger partial charge in [0.2, 0.25) is 0 Å². The number of para-hydroxylation sites is 1. The Morgan fingerprint density at radius 1 is 1.12 bits per heavy atom. The largest absolute Gasteiger partial charge is 0.479 e. The summed E-state index contributed by atoms with van der Waals surface area (Å²) in [6.45, 7) is 5.48. The van der Waals surface area contributed by atoms with Crippen molar-refractivity contribution in [1.29, 1.82) is 0 Å². The van der Waals surface area contributed by atoms with Crippen LogP contribution >= 0.6 is 11.6 Å². The molecule has 138 valence electrons. The molecule has 1 saturated heterocycles. The van der Waals surface area contributed by atoms with Crippen LogP contribution in [0.25, 0.3) is 0 Å². The first-order chi connectivity index (χ1) is 12.6. The van der Waals surface area contributed by atoms with Crippen molar-refractivity contribution in [3.8, 4) is 5.75 Å². The number of amides is 1. The highest BCUT2D eigenvalue weighted by atomic mass is 35.5. The summed E-state index contributed by atoms with van der Waals surface area (Å²) in [6, 6.07) is 15.5. The molecule has 1 aliphatic rings. The third kappa shape index (κ3) is 4.99. The monoisotopic (exact) mass is 372 g/mol. The van der Waals surface area contributed by atoms with E-state index < -0.39 is 6.10 Å². The maximum Gasteiger partial charge on any atom is 0.261 e. The summed E-state index contributed by atoms with van der Waals surface area (Å²) in [7, 11) is 0. The van der Waals surface area contributed by atoms with E-state index in [4.69, 9.17) is 16.3 Å². The van der Waals surface area contributed by atoms with Gasteiger partial charge >= 0.3 is 0 Å². The maximum atomic E-state index is 12.4. The number of hydrogen-bond donors (Lipinski definition) is 1. The van der Waals surface area contributed by atoms with Gasteiger partial charge < -0.3 is 10.1 Å². The third-order valence-corrected chi connectivity index (χ3v) is 4.99. The van der Waals surface area contributed by atoms with Crippen LogP contribution in [0.5, 0.6) is 5.75 Å². The summed E-state index contributed by atoms with van der Waals surface area (Å²) in [5.74, 6) is 0.368. The van der Waals surface area contributed by atoms with Gasteiger partial charge in [0.15, 0.2) is 6.10 Å². The first-order valence-electron chi connectivity index (χ1n) is 9.11. The molecule has 1 atom stereocenters.